The summed E-state index contributed by atoms with van der Waals surface area (Å²) in [6, 6.07) is 15.6. The molecule has 0 aromatic heterocycles. The molecule has 0 unspecified atom stereocenters. The van der Waals surface area contributed by atoms with Gasteiger partial charge < -0.3 is 14.8 Å². The summed E-state index contributed by atoms with van der Waals surface area (Å²) in [5, 5.41) is 2.90. The standard InChI is InChI=1S/C24H29NO3/c1-17(2)19-10-12-22(13-11-19)27-14-15-28-23(26)25-24(5,6)21-9-7-8-20(16-21)18(3)4/h7-13,16H,1,3,14-15H2,2,4-6H3,(H,25,26). The number of nitrogens with one attached hydrogen (secondary N) is 1. The number of amides is 1. The Hall–Kier alpha value is -3.01. The van der Waals surface area contributed by atoms with Crippen molar-refractivity contribution in [2.75, 3.05) is 13.2 Å². The van der Waals surface area contributed by atoms with Crippen LogP contribution in [0, 0.1) is 0 Å². The molecule has 4 nitrogen and oxygen atoms in total. The Morgan fingerprint density at radius 3 is 2.21 bits per heavy atom. The highest BCUT2D eigenvalue weighted by atomic mass is 16.6. The zero-order chi connectivity index (χ0) is 20.7. The van der Waals surface area contributed by atoms with Gasteiger partial charge in [0, 0.05) is 0 Å². The van der Waals surface area contributed by atoms with Gasteiger partial charge >= 0.3 is 6.09 Å². The van der Waals surface area contributed by atoms with Crippen LogP contribution in [0.15, 0.2) is 61.7 Å². The van der Waals surface area contributed by atoms with Gasteiger partial charge in [-0.3, -0.25) is 0 Å². The second kappa shape index (κ2) is 9.27. The highest BCUT2D eigenvalue weighted by molar-refractivity contribution is 5.69. The van der Waals surface area contributed by atoms with Crippen LogP contribution in [0.25, 0.3) is 11.1 Å². The normalized spacial score (nSPS) is 10.9. The Balaban J connectivity index is 1.82. The van der Waals surface area contributed by atoms with E-state index in [9.17, 15) is 4.79 Å². The molecular formula is C24H29NO3. The molecule has 148 valence electrons. The summed E-state index contributed by atoms with van der Waals surface area (Å²) in [4.78, 5) is 12.2. The van der Waals surface area contributed by atoms with Crippen LogP contribution in [0.2, 0.25) is 0 Å². The summed E-state index contributed by atoms with van der Waals surface area (Å²) in [5.41, 5.74) is 4.52. The van der Waals surface area contributed by atoms with Crippen LogP contribution in [0.3, 0.4) is 0 Å². The van der Waals surface area contributed by atoms with Gasteiger partial charge in [0.25, 0.3) is 0 Å². The summed E-state index contributed by atoms with van der Waals surface area (Å²) < 4.78 is 10.9. The van der Waals surface area contributed by atoms with Crippen molar-refractivity contribution in [2.45, 2.75) is 33.2 Å². The number of carbonyl (C=O) groups is 1. The Bertz CT molecular complexity index is 850. The van der Waals surface area contributed by atoms with E-state index in [4.69, 9.17) is 9.47 Å². The van der Waals surface area contributed by atoms with Gasteiger partial charge in [-0.25, -0.2) is 4.79 Å². The molecule has 0 atom stereocenters. The fraction of sp³-hybridized carbons (Fsp3) is 0.292. The minimum Gasteiger partial charge on any atom is -0.490 e. The van der Waals surface area contributed by atoms with E-state index >= 15 is 0 Å². The van der Waals surface area contributed by atoms with Gasteiger partial charge in [-0.15, -0.1) is 0 Å². The number of carbonyl (C=O) groups excluding carboxylic acids is 1. The number of allylic oxidation sites excluding steroid dienone is 2. The number of ether oxygens (including phenoxy) is 2. The van der Waals surface area contributed by atoms with Gasteiger partial charge in [0.05, 0.1) is 5.54 Å². The Morgan fingerprint density at radius 2 is 1.61 bits per heavy atom. The summed E-state index contributed by atoms with van der Waals surface area (Å²) in [6.07, 6.45) is -0.480. The minimum absolute atomic E-state index is 0.163. The molecule has 2 aromatic carbocycles. The van der Waals surface area contributed by atoms with E-state index in [2.05, 4.69) is 18.5 Å². The molecule has 0 heterocycles. The molecule has 0 radical (unpaired) electrons. The molecule has 4 heteroatoms. The van der Waals surface area contributed by atoms with Crippen molar-refractivity contribution >= 4 is 17.2 Å². The highest BCUT2D eigenvalue weighted by Gasteiger charge is 2.24. The average Bonchev–Trinajstić information content (AvgIpc) is 2.65. The third kappa shape index (κ3) is 6.02. The van der Waals surface area contributed by atoms with Crippen molar-refractivity contribution < 1.29 is 14.3 Å². The monoisotopic (exact) mass is 379 g/mol. The zero-order valence-corrected chi connectivity index (χ0v) is 17.2. The van der Waals surface area contributed by atoms with Gasteiger partial charge in [0.15, 0.2) is 0 Å². The first-order valence-corrected chi connectivity index (χ1v) is 9.29. The first-order chi connectivity index (χ1) is 13.2. The second-order valence-electron chi connectivity index (χ2n) is 7.40. The maximum Gasteiger partial charge on any atom is 0.407 e. The summed E-state index contributed by atoms with van der Waals surface area (Å²) in [7, 11) is 0. The van der Waals surface area contributed by atoms with Crippen molar-refractivity contribution in [3.05, 3.63) is 78.4 Å². The number of alkyl carbamates (subject to hydrolysis) is 1. The van der Waals surface area contributed by atoms with E-state index in [0.29, 0.717) is 0 Å². The van der Waals surface area contributed by atoms with Crippen LogP contribution in [0.5, 0.6) is 5.75 Å². The largest absolute Gasteiger partial charge is 0.490 e. The maximum atomic E-state index is 12.2. The number of hydrogen-bond acceptors (Lipinski definition) is 3. The molecule has 0 aliphatic carbocycles. The molecule has 0 fully saturated rings. The lowest BCUT2D eigenvalue weighted by Gasteiger charge is -2.27. The van der Waals surface area contributed by atoms with E-state index in [1.807, 2.05) is 76.2 Å². The van der Waals surface area contributed by atoms with Gasteiger partial charge in [-0.05, 0) is 62.6 Å². The highest BCUT2D eigenvalue weighted by Crippen LogP contribution is 2.23. The predicted molar refractivity (Wildman–Crippen MR) is 115 cm³/mol. The van der Waals surface area contributed by atoms with Gasteiger partial charge in [-0.2, -0.15) is 0 Å². The lowest BCUT2D eigenvalue weighted by Crippen LogP contribution is -2.41. The molecule has 2 aromatic rings. The number of benzene rings is 2. The van der Waals surface area contributed by atoms with Crippen LogP contribution >= 0.6 is 0 Å². The Kier molecular flexibility index (Phi) is 7.05. The van der Waals surface area contributed by atoms with E-state index in [1.54, 1.807) is 0 Å². The van der Waals surface area contributed by atoms with Crippen LogP contribution < -0.4 is 10.1 Å². The summed E-state index contributed by atoms with van der Waals surface area (Å²) >= 11 is 0. The van der Waals surface area contributed by atoms with Crippen molar-refractivity contribution in [2.24, 2.45) is 0 Å². The fourth-order valence-electron chi connectivity index (χ4n) is 2.67. The van der Waals surface area contributed by atoms with Crippen molar-refractivity contribution in [3.8, 4) is 5.75 Å². The topological polar surface area (TPSA) is 47.6 Å². The quantitative estimate of drug-likeness (QED) is 0.590. The molecule has 0 aliphatic rings. The van der Waals surface area contributed by atoms with Crippen LogP contribution in [-0.2, 0) is 10.3 Å². The smallest absolute Gasteiger partial charge is 0.407 e. The van der Waals surface area contributed by atoms with Crippen LogP contribution in [0.4, 0.5) is 4.79 Å². The average molecular weight is 380 g/mol. The van der Waals surface area contributed by atoms with E-state index < -0.39 is 11.6 Å². The predicted octanol–water partition coefficient (Wildman–Crippen LogP) is 5.79. The first-order valence-electron chi connectivity index (χ1n) is 9.29. The van der Waals surface area contributed by atoms with E-state index in [1.165, 1.54) is 0 Å². The van der Waals surface area contributed by atoms with Crippen molar-refractivity contribution in [3.63, 3.8) is 0 Å². The third-order valence-corrected chi connectivity index (χ3v) is 4.42. The zero-order valence-electron chi connectivity index (χ0n) is 17.2. The van der Waals surface area contributed by atoms with Gasteiger partial charge in [-0.1, -0.05) is 54.6 Å². The fourth-order valence-corrected chi connectivity index (χ4v) is 2.67. The Morgan fingerprint density at radius 1 is 0.964 bits per heavy atom. The van der Waals surface area contributed by atoms with E-state index in [0.717, 1.165) is 33.6 Å². The molecule has 0 spiro atoms. The molecule has 28 heavy (non-hydrogen) atoms. The SMILES string of the molecule is C=C(C)c1ccc(OCCOC(=O)NC(C)(C)c2cccc(C(=C)C)c2)cc1. The number of rotatable bonds is 8. The molecule has 0 bridgehead atoms. The van der Waals surface area contributed by atoms with Crippen molar-refractivity contribution in [1.82, 2.24) is 5.32 Å². The van der Waals surface area contributed by atoms with Crippen molar-refractivity contribution in [1.29, 1.82) is 0 Å². The van der Waals surface area contributed by atoms with Crippen LogP contribution in [-0.4, -0.2) is 19.3 Å². The Labute approximate surface area is 167 Å². The summed E-state index contributed by atoms with van der Waals surface area (Å²) in [5.74, 6) is 0.728. The summed E-state index contributed by atoms with van der Waals surface area (Å²) in [6.45, 7) is 16.1. The lowest BCUT2D eigenvalue weighted by atomic mass is 9.92. The molecule has 2 rings (SSSR count). The molecule has 1 N–H and O–H groups in total. The molecule has 0 saturated heterocycles. The van der Waals surface area contributed by atoms with E-state index in [-0.39, 0.29) is 13.2 Å². The maximum absolute atomic E-state index is 12.2. The minimum atomic E-state index is -0.568. The van der Waals surface area contributed by atoms with Gasteiger partial charge in [0.2, 0.25) is 0 Å². The lowest BCUT2D eigenvalue weighted by molar-refractivity contribution is 0.117. The second-order valence-corrected chi connectivity index (χ2v) is 7.40. The van der Waals surface area contributed by atoms with Crippen LogP contribution in [0.1, 0.15) is 44.4 Å². The molecule has 0 aliphatic heterocycles. The number of hydrogen-bond donors (Lipinski definition) is 1. The third-order valence-electron chi connectivity index (χ3n) is 4.42. The molecular weight excluding hydrogens is 350 g/mol. The van der Waals surface area contributed by atoms with Gasteiger partial charge in [0.1, 0.15) is 19.0 Å². The molecule has 0 saturated carbocycles. The first kappa shape index (κ1) is 21.3. The molecule has 1 amide bonds.